The number of anilines is 2. The van der Waals surface area contributed by atoms with Crippen LogP contribution >= 0.6 is 0 Å². The van der Waals surface area contributed by atoms with Crippen molar-refractivity contribution in [3.05, 3.63) is 66.4 Å². The second kappa shape index (κ2) is 4.98. The number of hydrogen-bond acceptors (Lipinski definition) is 3. The highest BCUT2D eigenvalue weighted by Crippen LogP contribution is 2.23. The molecule has 0 aliphatic heterocycles. The zero-order valence-electron chi connectivity index (χ0n) is 10.6. The summed E-state index contributed by atoms with van der Waals surface area (Å²) in [4.78, 5) is 4.27. The molecule has 0 bridgehead atoms. The van der Waals surface area contributed by atoms with Crippen LogP contribution in [0.5, 0.6) is 0 Å². The Kier molecular flexibility index (Phi) is 3.02. The van der Waals surface area contributed by atoms with Gasteiger partial charge in [0.25, 0.3) is 0 Å². The lowest BCUT2D eigenvalue weighted by Gasteiger charge is -2.02. The highest BCUT2D eigenvalue weighted by atomic mass is 16.4. The lowest BCUT2D eigenvalue weighted by Crippen LogP contribution is -1.87. The summed E-state index contributed by atoms with van der Waals surface area (Å²) in [5, 5.41) is 3.19. The van der Waals surface area contributed by atoms with Crippen LogP contribution in [0.4, 0.5) is 11.6 Å². The molecule has 3 heteroatoms. The third-order valence-electron chi connectivity index (χ3n) is 2.85. The van der Waals surface area contributed by atoms with Crippen molar-refractivity contribution in [3.63, 3.8) is 0 Å². The van der Waals surface area contributed by atoms with Gasteiger partial charge in [0.2, 0.25) is 11.8 Å². The molecule has 0 saturated heterocycles. The van der Waals surface area contributed by atoms with E-state index in [1.807, 2.05) is 42.5 Å². The van der Waals surface area contributed by atoms with Crippen molar-refractivity contribution in [2.24, 2.45) is 0 Å². The molecule has 0 atom stereocenters. The van der Waals surface area contributed by atoms with E-state index in [9.17, 15) is 0 Å². The smallest absolute Gasteiger partial charge is 0.228 e. The molecule has 0 amide bonds. The van der Waals surface area contributed by atoms with Crippen molar-refractivity contribution in [1.29, 1.82) is 0 Å². The first kappa shape index (κ1) is 11.5. The molecular weight excluding hydrogens is 236 g/mol. The van der Waals surface area contributed by atoms with E-state index in [0.717, 1.165) is 11.3 Å². The number of benzene rings is 2. The Hall–Kier alpha value is -2.55. The zero-order chi connectivity index (χ0) is 13.1. The maximum absolute atomic E-state index is 5.68. The molecule has 2 aromatic carbocycles. The first-order valence-electron chi connectivity index (χ1n) is 6.16. The molecular formula is C16H14N2O. The van der Waals surface area contributed by atoms with Crippen LogP contribution in [0.1, 0.15) is 5.56 Å². The van der Waals surface area contributed by atoms with Gasteiger partial charge in [-0.15, -0.1) is 0 Å². The Morgan fingerprint density at radius 2 is 1.68 bits per heavy atom. The van der Waals surface area contributed by atoms with E-state index in [4.69, 9.17) is 4.42 Å². The average molecular weight is 250 g/mol. The minimum absolute atomic E-state index is 0.621. The number of nitrogens with one attached hydrogen (secondary N) is 1. The van der Waals surface area contributed by atoms with Gasteiger partial charge >= 0.3 is 0 Å². The van der Waals surface area contributed by atoms with Gasteiger partial charge in [0.1, 0.15) is 0 Å². The lowest BCUT2D eigenvalue weighted by molar-refractivity contribution is 0.591. The molecule has 0 aliphatic rings. The summed E-state index contributed by atoms with van der Waals surface area (Å²) in [6.07, 6.45) is 1.70. The first-order chi connectivity index (χ1) is 9.31. The summed E-state index contributed by atoms with van der Waals surface area (Å²) in [6.45, 7) is 2.06. The summed E-state index contributed by atoms with van der Waals surface area (Å²) in [5.74, 6) is 1.26. The van der Waals surface area contributed by atoms with E-state index in [-0.39, 0.29) is 0 Å². The fourth-order valence-corrected chi connectivity index (χ4v) is 1.83. The van der Waals surface area contributed by atoms with Gasteiger partial charge in [-0.05, 0) is 31.2 Å². The minimum Gasteiger partial charge on any atom is -0.420 e. The Bertz CT molecular complexity index is 657. The molecule has 1 N–H and O–H groups in total. The fraction of sp³-hybridized carbons (Fsp3) is 0.0625. The normalized spacial score (nSPS) is 10.4. The Labute approximate surface area is 111 Å². The van der Waals surface area contributed by atoms with Crippen LogP contribution in [0.2, 0.25) is 0 Å². The van der Waals surface area contributed by atoms with Gasteiger partial charge in [-0.3, -0.25) is 0 Å². The van der Waals surface area contributed by atoms with E-state index >= 15 is 0 Å². The Morgan fingerprint density at radius 1 is 0.947 bits per heavy atom. The number of rotatable bonds is 3. The van der Waals surface area contributed by atoms with E-state index in [0.29, 0.717) is 11.8 Å². The zero-order valence-corrected chi connectivity index (χ0v) is 10.6. The number of aromatic nitrogens is 1. The molecule has 3 rings (SSSR count). The van der Waals surface area contributed by atoms with Crippen LogP contribution < -0.4 is 5.32 Å². The number of aryl methyl sites for hydroxylation is 1. The maximum Gasteiger partial charge on any atom is 0.228 e. The highest BCUT2D eigenvalue weighted by Gasteiger charge is 2.05. The molecule has 1 heterocycles. The molecule has 3 nitrogen and oxygen atoms in total. The molecule has 0 unspecified atom stereocenters. The maximum atomic E-state index is 5.68. The summed E-state index contributed by atoms with van der Waals surface area (Å²) < 4.78 is 5.68. The molecule has 94 valence electrons. The van der Waals surface area contributed by atoms with Crippen LogP contribution in [-0.4, -0.2) is 4.98 Å². The average Bonchev–Trinajstić information content (AvgIpc) is 2.91. The van der Waals surface area contributed by atoms with Crippen molar-refractivity contribution >= 4 is 11.6 Å². The highest BCUT2D eigenvalue weighted by molar-refractivity contribution is 5.58. The van der Waals surface area contributed by atoms with Crippen molar-refractivity contribution in [1.82, 2.24) is 4.98 Å². The summed E-state index contributed by atoms with van der Waals surface area (Å²) in [7, 11) is 0. The minimum atomic E-state index is 0.621. The van der Waals surface area contributed by atoms with Crippen molar-refractivity contribution < 1.29 is 4.42 Å². The van der Waals surface area contributed by atoms with Gasteiger partial charge in [0, 0.05) is 11.3 Å². The fourth-order valence-electron chi connectivity index (χ4n) is 1.83. The van der Waals surface area contributed by atoms with Crippen LogP contribution in [0.25, 0.3) is 11.5 Å². The predicted molar refractivity (Wildman–Crippen MR) is 76.4 cm³/mol. The van der Waals surface area contributed by atoms with Crippen LogP contribution in [0, 0.1) is 6.92 Å². The van der Waals surface area contributed by atoms with E-state index in [1.165, 1.54) is 5.56 Å². The van der Waals surface area contributed by atoms with Gasteiger partial charge in [-0.2, -0.15) is 0 Å². The topological polar surface area (TPSA) is 38.1 Å². The summed E-state index contributed by atoms with van der Waals surface area (Å²) in [6, 6.07) is 18.0. The quantitative estimate of drug-likeness (QED) is 0.749. The van der Waals surface area contributed by atoms with E-state index in [2.05, 4.69) is 29.4 Å². The second-order valence-electron chi connectivity index (χ2n) is 4.39. The van der Waals surface area contributed by atoms with Gasteiger partial charge in [0.05, 0.1) is 6.20 Å². The van der Waals surface area contributed by atoms with Gasteiger partial charge in [0.15, 0.2) is 0 Å². The number of oxazole rings is 1. The Balaban J connectivity index is 1.80. The number of nitrogens with zero attached hydrogens (tertiary/aromatic N) is 1. The molecule has 0 aliphatic carbocycles. The molecule has 0 radical (unpaired) electrons. The molecule has 0 saturated carbocycles. The van der Waals surface area contributed by atoms with Crippen molar-refractivity contribution in [2.75, 3.05) is 5.32 Å². The van der Waals surface area contributed by atoms with E-state index < -0.39 is 0 Å². The molecule has 1 aromatic heterocycles. The third kappa shape index (κ3) is 2.65. The number of hydrogen-bond donors (Lipinski definition) is 1. The molecule has 19 heavy (non-hydrogen) atoms. The van der Waals surface area contributed by atoms with Crippen LogP contribution in [0.15, 0.2) is 65.2 Å². The van der Waals surface area contributed by atoms with Gasteiger partial charge in [-0.25, -0.2) is 4.98 Å². The van der Waals surface area contributed by atoms with Crippen molar-refractivity contribution in [3.8, 4) is 11.5 Å². The van der Waals surface area contributed by atoms with Crippen LogP contribution in [-0.2, 0) is 0 Å². The monoisotopic (exact) mass is 250 g/mol. The predicted octanol–water partition coefficient (Wildman–Crippen LogP) is 4.39. The standard InChI is InChI=1S/C16H14N2O/c1-12-7-9-14(10-8-12)18-15-11-17-16(19-15)13-5-3-2-4-6-13/h2-11,18H,1H3. The van der Waals surface area contributed by atoms with Crippen LogP contribution in [0.3, 0.4) is 0 Å². The molecule has 3 aromatic rings. The molecule has 0 fully saturated rings. The third-order valence-corrected chi connectivity index (χ3v) is 2.85. The summed E-state index contributed by atoms with van der Waals surface area (Å²) >= 11 is 0. The Morgan fingerprint density at radius 3 is 2.42 bits per heavy atom. The molecule has 0 spiro atoms. The SMILES string of the molecule is Cc1ccc(Nc2cnc(-c3ccccc3)o2)cc1. The summed E-state index contributed by atoms with van der Waals surface area (Å²) in [5.41, 5.74) is 3.19. The van der Waals surface area contributed by atoms with Gasteiger partial charge < -0.3 is 9.73 Å². The van der Waals surface area contributed by atoms with Gasteiger partial charge in [-0.1, -0.05) is 35.9 Å². The second-order valence-corrected chi connectivity index (χ2v) is 4.39. The first-order valence-corrected chi connectivity index (χ1v) is 6.16. The van der Waals surface area contributed by atoms with Crippen molar-refractivity contribution in [2.45, 2.75) is 6.92 Å². The largest absolute Gasteiger partial charge is 0.420 e. The lowest BCUT2D eigenvalue weighted by atomic mass is 10.2. The van der Waals surface area contributed by atoms with E-state index in [1.54, 1.807) is 6.20 Å².